The highest BCUT2D eigenvalue weighted by Gasteiger charge is 2.22. The van der Waals surface area contributed by atoms with Crippen LogP contribution in [0.1, 0.15) is 117 Å². The Bertz CT molecular complexity index is 1070. The molecule has 0 amide bonds. The fourth-order valence-corrected chi connectivity index (χ4v) is 4.77. The second-order valence-corrected chi connectivity index (χ2v) is 13.6. The predicted molar refractivity (Wildman–Crippen MR) is 195 cm³/mol. The van der Waals surface area contributed by atoms with Gasteiger partial charge < -0.3 is 29.5 Å². The van der Waals surface area contributed by atoms with Crippen molar-refractivity contribution in [2.24, 2.45) is 5.92 Å². The first-order valence-electron chi connectivity index (χ1n) is 17.8. The first-order chi connectivity index (χ1) is 23.4. The summed E-state index contributed by atoms with van der Waals surface area (Å²) in [6.07, 6.45) is 31.6. The van der Waals surface area contributed by atoms with E-state index in [2.05, 4.69) is 25.3 Å². The molecule has 280 valence electrons. The third-order valence-electron chi connectivity index (χ3n) is 7.09. The minimum atomic E-state index is -4.80. The standard InChI is InChI=1S/C38H63O10P/c1-4-5-17-25-34(39)26-19-13-9-7-10-14-20-27-35(40)28-21-16-23-29-37(41)46-31-36(32-47-49(43,44)45)48-38(42)30-22-15-11-6-8-12-18-24-33(2)3/h5,9-10,13-14,17,19-21,26-28,33-36,39-40H,4,6-8,11-12,15-16,18,22-25,29-32H2,1-3H3,(H2,43,44,45)/b13-9-,14-10-,17-5-,26-19+,27-20+,28-21-/t34-,35-,36-/m1/s1. The highest BCUT2D eigenvalue weighted by atomic mass is 31.2. The van der Waals surface area contributed by atoms with Crippen molar-refractivity contribution in [2.75, 3.05) is 13.2 Å². The van der Waals surface area contributed by atoms with Crippen molar-refractivity contribution < 1.29 is 48.2 Å². The molecule has 0 aliphatic carbocycles. The maximum Gasteiger partial charge on any atom is 0.469 e. The third kappa shape index (κ3) is 35.1. The average molecular weight is 711 g/mol. The van der Waals surface area contributed by atoms with Gasteiger partial charge in [-0.3, -0.25) is 14.1 Å². The van der Waals surface area contributed by atoms with Gasteiger partial charge >= 0.3 is 19.8 Å². The van der Waals surface area contributed by atoms with Crippen LogP contribution in [-0.2, 0) is 28.2 Å². The zero-order valence-electron chi connectivity index (χ0n) is 29.9. The Labute approximate surface area is 294 Å². The van der Waals surface area contributed by atoms with Gasteiger partial charge in [-0.2, -0.15) is 0 Å². The van der Waals surface area contributed by atoms with Crippen molar-refractivity contribution in [1.29, 1.82) is 0 Å². The summed E-state index contributed by atoms with van der Waals surface area (Å²) in [6, 6.07) is 0. The lowest BCUT2D eigenvalue weighted by atomic mass is 10.0. The average Bonchev–Trinajstić information content (AvgIpc) is 3.03. The molecular weight excluding hydrogens is 647 g/mol. The van der Waals surface area contributed by atoms with Crippen LogP contribution in [0.5, 0.6) is 0 Å². The van der Waals surface area contributed by atoms with Crippen molar-refractivity contribution in [2.45, 2.75) is 135 Å². The van der Waals surface area contributed by atoms with Crippen LogP contribution >= 0.6 is 7.82 Å². The maximum absolute atomic E-state index is 12.3. The van der Waals surface area contributed by atoms with Gasteiger partial charge in [0.1, 0.15) is 6.61 Å². The number of ether oxygens (including phenoxy) is 2. The third-order valence-corrected chi connectivity index (χ3v) is 7.58. The summed E-state index contributed by atoms with van der Waals surface area (Å²) in [4.78, 5) is 42.6. The molecule has 0 saturated heterocycles. The van der Waals surface area contributed by atoms with Crippen molar-refractivity contribution in [3.8, 4) is 0 Å². The SMILES string of the molecule is CC/C=C\C[C@@H](O)/C=C/C=C\C/C=C\C=C\[C@@H](O)/C=C\CCCC(=O)OC[C@H](COP(=O)(O)O)OC(=O)CCCCCCCCCC(C)C. The van der Waals surface area contributed by atoms with Gasteiger partial charge in [0.25, 0.3) is 0 Å². The fraction of sp³-hybridized carbons (Fsp3) is 0.632. The van der Waals surface area contributed by atoms with Crippen LogP contribution in [0.2, 0.25) is 0 Å². The number of hydrogen-bond acceptors (Lipinski definition) is 8. The van der Waals surface area contributed by atoms with Gasteiger partial charge in [0.15, 0.2) is 6.10 Å². The zero-order chi connectivity index (χ0) is 36.6. The number of rotatable bonds is 30. The van der Waals surface area contributed by atoms with Gasteiger partial charge in [-0.15, -0.1) is 0 Å². The normalized spacial score (nSPS) is 14.8. The van der Waals surface area contributed by atoms with Crippen LogP contribution in [0.25, 0.3) is 0 Å². The summed E-state index contributed by atoms with van der Waals surface area (Å²) in [6.45, 7) is 5.53. The van der Waals surface area contributed by atoms with Crippen LogP contribution in [0.4, 0.5) is 0 Å². The van der Waals surface area contributed by atoms with Crippen molar-refractivity contribution in [1.82, 2.24) is 0 Å². The van der Waals surface area contributed by atoms with E-state index < -0.39 is 44.7 Å². The van der Waals surface area contributed by atoms with E-state index in [9.17, 15) is 24.4 Å². The summed E-state index contributed by atoms with van der Waals surface area (Å²) in [5, 5.41) is 19.9. The van der Waals surface area contributed by atoms with E-state index in [0.29, 0.717) is 32.1 Å². The molecule has 0 aliphatic heterocycles. The number of allylic oxidation sites excluding steroid dienone is 8. The largest absolute Gasteiger partial charge is 0.469 e. The van der Waals surface area contributed by atoms with E-state index >= 15 is 0 Å². The summed E-state index contributed by atoms with van der Waals surface area (Å²) >= 11 is 0. The molecule has 0 aromatic heterocycles. The van der Waals surface area contributed by atoms with Gasteiger partial charge in [0.2, 0.25) is 0 Å². The number of hydrogen-bond donors (Lipinski definition) is 4. The number of aliphatic hydroxyl groups excluding tert-OH is 2. The van der Waals surface area contributed by atoms with Crippen LogP contribution in [0, 0.1) is 5.92 Å². The van der Waals surface area contributed by atoms with E-state index in [-0.39, 0.29) is 19.4 Å². The first-order valence-corrected chi connectivity index (χ1v) is 19.4. The Morgan fingerprint density at radius 3 is 2.00 bits per heavy atom. The number of carbonyl (C=O) groups excluding carboxylic acids is 2. The Kier molecular flexibility index (Phi) is 29.7. The van der Waals surface area contributed by atoms with Gasteiger partial charge in [0, 0.05) is 12.8 Å². The zero-order valence-corrected chi connectivity index (χ0v) is 30.8. The topological polar surface area (TPSA) is 160 Å². The molecule has 0 fully saturated rings. The lowest BCUT2D eigenvalue weighted by Crippen LogP contribution is -2.29. The number of phosphoric ester groups is 1. The van der Waals surface area contributed by atoms with E-state index in [0.717, 1.165) is 31.6 Å². The van der Waals surface area contributed by atoms with Crippen LogP contribution in [-0.4, -0.2) is 63.5 Å². The number of unbranched alkanes of at least 4 members (excludes halogenated alkanes) is 7. The fourth-order valence-electron chi connectivity index (χ4n) is 4.41. The van der Waals surface area contributed by atoms with E-state index in [1.54, 1.807) is 30.4 Å². The molecule has 0 heterocycles. The first kappa shape index (κ1) is 46.4. The Hall–Kier alpha value is -2.59. The molecule has 10 nitrogen and oxygen atoms in total. The van der Waals surface area contributed by atoms with Crippen LogP contribution in [0.3, 0.4) is 0 Å². The molecule has 4 N–H and O–H groups in total. The molecule has 0 radical (unpaired) electrons. The van der Waals surface area contributed by atoms with Gasteiger partial charge in [-0.25, -0.2) is 4.57 Å². The summed E-state index contributed by atoms with van der Waals surface area (Å²) in [5.41, 5.74) is 0. The second-order valence-electron chi connectivity index (χ2n) is 12.3. The molecule has 0 unspecified atom stereocenters. The van der Waals surface area contributed by atoms with E-state index in [1.807, 2.05) is 42.5 Å². The van der Waals surface area contributed by atoms with Crippen molar-refractivity contribution in [3.63, 3.8) is 0 Å². The molecule has 49 heavy (non-hydrogen) atoms. The highest BCUT2D eigenvalue weighted by Crippen LogP contribution is 2.36. The highest BCUT2D eigenvalue weighted by molar-refractivity contribution is 7.46. The smallest absolute Gasteiger partial charge is 0.462 e. The van der Waals surface area contributed by atoms with Crippen LogP contribution in [0.15, 0.2) is 72.9 Å². The molecule has 11 heteroatoms. The van der Waals surface area contributed by atoms with Crippen molar-refractivity contribution in [3.05, 3.63) is 72.9 Å². The van der Waals surface area contributed by atoms with Crippen molar-refractivity contribution >= 4 is 19.8 Å². The summed E-state index contributed by atoms with van der Waals surface area (Å²) < 4.78 is 26.1. The Balaban J connectivity index is 4.29. The lowest BCUT2D eigenvalue weighted by molar-refractivity contribution is -0.161. The lowest BCUT2D eigenvalue weighted by Gasteiger charge is -2.18. The summed E-state index contributed by atoms with van der Waals surface area (Å²) in [7, 11) is -4.80. The number of esters is 2. The molecule has 0 aliphatic rings. The molecule has 0 saturated carbocycles. The van der Waals surface area contributed by atoms with E-state index in [1.165, 1.54) is 25.7 Å². The van der Waals surface area contributed by atoms with E-state index in [4.69, 9.17) is 19.3 Å². The maximum atomic E-state index is 12.3. The molecule has 0 spiro atoms. The Morgan fingerprint density at radius 1 is 0.714 bits per heavy atom. The van der Waals surface area contributed by atoms with Gasteiger partial charge in [0.05, 0.1) is 18.8 Å². The molecule has 3 atom stereocenters. The molecule has 0 rings (SSSR count). The number of phosphoric acid groups is 1. The molecule has 0 aromatic carbocycles. The molecule has 0 aromatic rings. The second kappa shape index (κ2) is 31.4. The Morgan fingerprint density at radius 2 is 1.35 bits per heavy atom. The molecule has 0 bridgehead atoms. The predicted octanol–water partition coefficient (Wildman–Crippen LogP) is 8.14. The summed E-state index contributed by atoms with van der Waals surface area (Å²) in [5.74, 6) is -0.349. The number of carbonyl (C=O) groups is 2. The van der Waals surface area contributed by atoms with Gasteiger partial charge in [-0.1, -0.05) is 139 Å². The van der Waals surface area contributed by atoms with Crippen LogP contribution < -0.4 is 0 Å². The molecular formula is C38H63O10P. The minimum Gasteiger partial charge on any atom is -0.462 e. The number of aliphatic hydroxyl groups is 2. The monoisotopic (exact) mass is 710 g/mol. The quantitative estimate of drug-likeness (QED) is 0.0188. The van der Waals surface area contributed by atoms with Gasteiger partial charge in [-0.05, 0) is 44.4 Å². The minimum absolute atomic E-state index is 0.0775.